The lowest BCUT2D eigenvalue weighted by Gasteiger charge is -2.22. The summed E-state index contributed by atoms with van der Waals surface area (Å²) in [6.07, 6.45) is 2.36. The van der Waals surface area contributed by atoms with Crippen molar-refractivity contribution in [3.8, 4) is 0 Å². The van der Waals surface area contributed by atoms with E-state index >= 15 is 0 Å². The van der Waals surface area contributed by atoms with E-state index in [-0.39, 0.29) is 11.9 Å². The highest BCUT2D eigenvalue weighted by Crippen LogP contribution is 2.29. The molecule has 0 saturated carbocycles. The maximum Gasteiger partial charge on any atom is 0.339 e. The van der Waals surface area contributed by atoms with Crippen LogP contribution in [0.4, 0.5) is 5.82 Å². The van der Waals surface area contributed by atoms with Crippen molar-refractivity contribution in [2.24, 2.45) is 0 Å². The van der Waals surface area contributed by atoms with Crippen LogP contribution in [-0.4, -0.2) is 54.5 Å². The summed E-state index contributed by atoms with van der Waals surface area (Å²) >= 11 is 3.47. The van der Waals surface area contributed by atoms with E-state index in [1.165, 1.54) is 6.20 Å². The van der Waals surface area contributed by atoms with Gasteiger partial charge in [-0.25, -0.2) is 9.78 Å². The van der Waals surface area contributed by atoms with E-state index < -0.39 is 0 Å². The molecule has 0 spiro atoms. The molecule has 1 amide bonds. The van der Waals surface area contributed by atoms with Gasteiger partial charge in [0.25, 0.3) is 5.91 Å². The highest BCUT2D eigenvalue weighted by molar-refractivity contribution is 9.10. The van der Waals surface area contributed by atoms with Gasteiger partial charge in [-0.2, -0.15) is 0 Å². The summed E-state index contributed by atoms with van der Waals surface area (Å²) in [5, 5.41) is 0.945. The number of carbonyl (C=O) groups excluding carboxylic acids is 2. The van der Waals surface area contributed by atoms with Crippen molar-refractivity contribution in [3.05, 3.63) is 57.9 Å². The number of esters is 1. The Balaban J connectivity index is 1.46. The summed E-state index contributed by atoms with van der Waals surface area (Å²) in [4.78, 5) is 33.4. The number of pyridine rings is 1. The van der Waals surface area contributed by atoms with Crippen LogP contribution in [0.25, 0.3) is 11.0 Å². The Morgan fingerprint density at radius 3 is 2.74 bits per heavy atom. The van der Waals surface area contributed by atoms with Crippen LogP contribution in [0, 0.1) is 6.92 Å². The topological polar surface area (TPSA) is 75.9 Å². The van der Waals surface area contributed by atoms with Crippen LogP contribution in [0.5, 0.6) is 0 Å². The van der Waals surface area contributed by atoms with E-state index in [0.717, 1.165) is 34.2 Å². The number of furan rings is 1. The van der Waals surface area contributed by atoms with Gasteiger partial charge < -0.3 is 19.0 Å². The number of ether oxygens (including phenoxy) is 1. The molecule has 3 aromatic rings. The van der Waals surface area contributed by atoms with E-state index in [2.05, 4.69) is 25.8 Å². The van der Waals surface area contributed by atoms with Gasteiger partial charge in [-0.15, -0.1) is 0 Å². The third-order valence-corrected chi connectivity index (χ3v) is 5.95. The first-order chi connectivity index (χ1) is 15.0. The van der Waals surface area contributed by atoms with Gasteiger partial charge in [0.2, 0.25) is 0 Å². The average Bonchev–Trinajstić information content (AvgIpc) is 2.94. The number of hydrogen-bond acceptors (Lipinski definition) is 6. The molecule has 2 aromatic heterocycles. The smallest absolute Gasteiger partial charge is 0.339 e. The van der Waals surface area contributed by atoms with Crippen molar-refractivity contribution in [2.75, 3.05) is 37.7 Å². The molecular weight excluding hydrogens is 462 g/mol. The van der Waals surface area contributed by atoms with E-state index in [9.17, 15) is 9.59 Å². The Morgan fingerprint density at radius 1 is 1.16 bits per heavy atom. The van der Waals surface area contributed by atoms with Crippen LogP contribution < -0.4 is 4.90 Å². The fourth-order valence-electron chi connectivity index (χ4n) is 3.80. The third kappa shape index (κ3) is 4.44. The molecule has 7 nitrogen and oxygen atoms in total. The lowest BCUT2D eigenvalue weighted by molar-refractivity contribution is 0.0525. The van der Waals surface area contributed by atoms with Crippen LogP contribution >= 0.6 is 15.9 Å². The monoisotopic (exact) mass is 485 g/mol. The van der Waals surface area contributed by atoms with Crippen molar-refractivity contribution < 1.29 is 18.7 Å². The van der Waals surface area contributed by atoms with E-state index in [0.29, 0.717) is 43.1 Å². The normalized spacial score (nSPS) is 14.5. The van der Waals surface area contributed by atoms with Crippen LogP contribution in [0.2, 0.25) is 0 Å². The fraction of sp³-hybridized carbons (Fsp3) is 0.348. The SMILES string of the molecule is CCOC(=O)c1ccc(N2CCCN(C(=O)c3oc4ccc(Br)cc4c3C)CC2)nc1. The van der Waals surface area contributed by atoms with Crippen molar-refractivity contribution >= 4 is 44.6 Å². The molecule has 3 heterocycles. The average molecular weight is 486 g/mol. The van der Waals surface area contributed by atoms with Gasteiger partial charge in [-0.3, -0.25) is 4.79 Å². The molecule has 162 valence electrons. The number of halogens is 1. The first-order valence-corrected chi connectivity index (χ1v) is 11.1. The Labute approximate surface area is 189 Å². The van der Waals surface area contributed by atoms with Gasteiger partial charge in [0.1, 0.15) is 11.4 Å². The minimum absolute atomic E-state index is 0.0858. The molecule has 8 heteroatoms. The highest BCUT2D eigenvalue weighted by atomic mass is 79.9. The molecule has 0 aliphatic carbocycles. The molecule has 0 unspecified atom stereocenters. The zero-order valence-corrected chi connectivity index (χ0v) is 19.1. The van der Waals surface area contributed by atoms with E-state index in [1.54, 1.807) is 13.0 Å². The zero-order chi connectivity index (χ0) is 22.0. The Kier molecular flexibility index (Phi) is 6.27. The molecule has 1 aliphatic heterocycles. The predicted molar refractivity (Wildman–Crippen MR) is 122 cm³/mol. The number of nitrogens with zero attached hydrogens (tertiary/aromatic N) is 3. The lowest BCUT2D eigenvalue weighted by Crippen LogP contribution is -2.35. The molecule has 1 aliphatic rings. The summed E-state index contributed by atoms with van der Waals surface area (Å²) < 4.78 is 11.9. The first-order valence-electron chi connectivity index (χ1n) is 10.3. The highest BCUT2D eigenvalue weighted by Gasteiger charge is 2.26. The second kappa shape index (κ2) is 9.09. The predicted octanol–water partition coefficient (Wildman–Crippen LogP) is 4.43. The number of aryl methyl sites for hydroxylation is 1. The summed E-state index contributed by atoms with van der Waals surface area (Å²) in [6, 6.07) is 9.30. The van der Waals surface area contributed by atoms with Crippen molar-refractivity contribution in [1.29, 1.82) is 0 Å². The van der Waals surface area contributed by atoms with Gasteiger partial charge in [-0.1, -0.05) is 15.9 Å². The zero-order valence-electron chi connectivity index (χ0n) is 17.6. The van der Waals surface area contributed by atoms with Gasteiger partial charge in [0, 0.05) is 47.8 Å². The molecule has 1 saturated heterocycles. The van der Waals surface area contributed by atoms with Gasteiger partial charge >= 0.3 is 5.97 Å². The Morgan fingerprint density at radius 2 is 2.00 bits per heavy atom. The largest absolute Gasteiger partial charge is 0.462 e. The maximum atomic E-state index is 13.2. The number of aromatic nitrogens is 1. The van der Waals surface area contributed by atoms with E-state index in [1.807, 2.05) is 36.1 Å². The molecule has 0 N–H and O–H groups in total. The standard InChI is InChI=1S/C23H24BrN3O4/c1-3-30-23(29)16-5-8-20(25-14-16)26-9-4-10-27(12-11-26)22(28)21-15(2)18-13-17(24)6-7-19(18)31-21/h5-8,13-14H,3-4,9-12H2,1-2H3. The number of fused-ring (bicyclic) bond motifs is 1. The molecule has 0 bridgehead atoms. The van der Waals surface area contributed by atoms with Crippen LogP contribution in [-0.2, 0) is 4.74 Å². The van der Waals surface area contributed by atoms with E-state index in [4.69, 9.17) is 9.15 Å². The molecule has 1 fully saturated rings. The van der Waals surface area contributed by atoms with Crippen LogP contribution in [0.3, 0.4) is 0 Å². The fourth-order valence-corrected chi connectivity index (χ4v) is 4.16. The lowest BCUT2D eigenvalue weighted by atomic mass is 10.1. The number of rotatable bonds is 4. The number of benzene rings is 1. The second-order valence-corrected chi connectivity index (χ2v) is 8.37. The number of anilines is 1. The van der Waals surface area contributed by atoms with Gasteiger partial charge in [-0.05, 0) is 50.6 Å². The van der Waals surface area contributed by atoms with Crippen molar-refractivity contribution in [3.63, 3.8) is 0 Å². The summed E-state index contributed by atoms with van der Waals surface area (Å²) in [5.41, 5.74) is 2.01. The second-order valence-electron chi connectivity index (χ2n) is 7.46. The summed E-state index contributed by atoms with van der Waals surface area (Å²) in [5.74, 6) is 0.727. The Bertz CT molecular complexity index is 1110. The minimum atomic E-state index is -0.373. The quantitative estimate of drug-likeness (QED) is 0.508. The molecule has 0 radical (unpaired) electrons. The molecule has 1 aromatic carbocycles. The minimum Gasteiger partial charge on any atom is -0.462 e. The number of amides is 1. The molecule has 31 heavy (non-hydrogen) atoms. The van der Waals surface area contributed by atoms with Crippen LogP contribution in [0.15, 0.2) is 45.4 Å². The maximum absolute atomic E-state index is 13.2. The molecule has 0 atom stereocenters. The number of carbonyl (C=O) groups is 2. The Hall–Kier alpha value is -2.87. The van der Waals surface area contributed by atoms with Crippen molar-refractivity contribution in [1.82, 2.24) is 9.88 Å². The third-order valence-electron chi connectivity index (χ3n) is 5.46. The first kappa shape index (κ1) is 21.4. The summed E-state index contributed by atoms with van der Waals surface area (Å²) in [7, 11) is 0. The number of hydrogen-bond donors (Lipinski definition) is 0. The molecular formula is C23H24BrN3O4. The van der Waals surface area contributed by atoms with Crippen molar-refractivity contribution in [2.45, 2.75) is 20.3 Å². The van der Waals surface area contributed by atoms with Crippen LogP contribution in [0.1, 0.15) is 39.8 Å². The summed E-state index contributed by atoms with van der Waals surface area (Å²) in [6.45, 7) is 6.68. The van der Waals surface area contributed by atoms with Gasteiger partial charge in [0.05, 0.1) is 12.2 Å². The van der Waals surface area contributed by atoms with Gasteiger partial charge in [0.15, 0.2) is 5.76 Å². The molecule has 4 rings (SSSR count).